The first kappa shape index (κ1) is 27.4. The molecule has 0 saturated carbocycles. The Bertz CT molecular complexity index is 1260. The van der Waals surface area contributed by atoms with Gasteiger partial charge in [-0.25, -0.2) is 9.89 Å². The number of rotatable bonds is 11. The maximum Gasteiger partial charge on any atom is 0.259 e. The van der Waals surface area contributed by atoms with E-state index < -0.39 is 11.3 Å². The Morgan fingerprint density at radius 1 is 1.16 bits per heavy atom. The summed E-state index contributed by atoms with van der Waals surface area (Å²) in [5.74, 6) is 0.649. The zero-order valence-electron chi connectivity index (χ0n) is 21.9. The number of aliphatic imine (C=N–C) groups is 2. The van der Waals surface area contributed by atoms with E-state index in [9.17, 15) is 14.4 Å². The highest BCUT2D eigenvalue weighted by Crippen LogP contribution is 2.36. The number of hydrogen-bond donors (Lipinski definition) is 2. The summed E-state index contributed by atoms with van der Waals surface area (Å²) >= 11 is 1.24. The molecular weight excluding hydrogens is 502 g/mol. The van der Waals surface area contributed by atoms with Crippen LogP contribution in [0.15, 0.2) is 58.5 Å². The van der Waals surface area contributed by atoms with Crippen molar-refractivity contribution in [3.63, 3.8) is 0 Å². The van der Waals surface area contributed by atoms with E-state index in [1.807, 2.05) is 31.2 Å². The average molecular weight is 536 g/mol. The van der Waals surface area contributed by atoms with Crippen LogP contribution in [0.3, 0.4) is 0 Å². The Hall–Kier alpha value is -3.66. The molecule has 2 heterocycles. The number of amidine groups is 2. The second kappa shape index (κ2) is 12.7. The Balaban J connectivity index is 1.51. The fraction of sp³-hybridized carbons (Fsp3) is 0.393. The number of benzene rings is 2. The van der Waals surface area contributed by atoms with Gasteiger partial charge < -0.3 is 15.4 Å². The van der Waals surface area contributed by atoms with E-state index in [4.69, 9.17) is 14.7 Å². The first-order chi connectivity index (χ1) is 18.4. The maximum atomic E-state index is 13.5. The van der Waals surface area contributed by atoms with E-state index in [2.05, 4.69) is 17.6 Å². The van der Waals surface area contributed by atoms with Crippen LogP contribution in [-0.4, -0.2) is 58.6 Å². The van der Waals surface area contributed by atoms with Crippen LogP contribution in [0.2, 0.25) is 0 Å². The molecule has 0 unspecified atom stereocenters. The van der Waals surface area contributed by atoms with Crippen LogP contribution in [0.4, 0.5) is 11.4 Å². The molecule has 2 N–H and O–H groups in total. The van der Waals surface area contributed by atoms with Gasteiger partial charge >= 0.3 is 0 Å². The van der Waals surface area contributed by atoms with E-state index in [-0.39, 0.29) is 24.1 Å². The lowest BCUT2D eigenvalue weighted by molar-refractivity contribution is -0.125. The molecule has 0 fully saturated rings. The van der Waals surface area contributed by atoms with Crippen LogP contribution < -0.4 is 15.4 Å². The predicted octanol–water partition coefficient (Wildman–Crippen LogP) is 4.50. The fourth-order valence-corrected chi connectivity index (χ4v) is 5.22. The summed E-state index contributed by atoms with van der Waals surface area (Å²) in [5.41, 5.74) is 2.08. The van der Waals surface area contributed by atoms with Gasteiger partial charge in [-0.2, -0.15) is 0 Å². The van der Waals surface area contributed by atoms with E-state index in [0.29, 0.717) is 47.5 Å². The lowest BCUT2D eigenvalue weighted by atomic mass is 10.1. The molecule has 3 amide bonds. The number of hydrogen-bond acceptors (Lipinski definition) is 7. The van der Waals surface area contributed by atoms with Gasteiger partial charge in [0.25, 0.3) is 5.91 Å². The number of carbonyl (C=O) groups excluding carboxylic acids is 3. The minimum Gasteiger partial charge on any atom is -0.497 e. The number of para-hydroxylation sites is 1. The molecule has 10 heteroatoms. The van der Waals surface area contributed by atoms with Gasteiger partial charge in [-0.1, -0.05) is 50.2 Å². The second-order valence-electron chi connectivity index (χ2n) is 9.03. The third-order valence-electron chi connectivity index (χ3n) is 6.29. The van der Waals surface area contributed by atoms with Crippen LogP contribution in [0.1, 0.15) is 51.5 Å². The quantitative estimate of drug-likeness (QED) is 0.412. The summed E-state index contributed by atoms with van der Waals surface area (Å²) in [7, 11) is 1.57. The van der Waals surface area contributed by atoms with Gasteiger partial charge in [0.1, 0.15) is 17.6 Å². The molecule has 2 aliphatic rings. The molecule has 0 saturated heterocycles. The van der Waals surface area contributed by atoms with Crippen molar-refractivity contribution in [2.75, 3.05) is 19.0 Å². The minimum absolute atomic E-state index is 0.0831. The molecule has 2 aromatic carbocycles. The molecule has 0 aliphatic carbocycles. The Kier molecular flexibility index (Phi) is 9.17. The number of anilines is 1. The van der Waals surface area contributed by atoms with Crippen molar-refractivity contribution < 1.29 is 19.1 Å². The van der Waals surface area contributed by atoms with Crippen LogP contribution in [0.25, 0.3) is 0 Å². The molecule has 4 rings (SSSR count). The van der Waals surface area contributed by atoms with Crippen molar-refractivity contribution >= 4 is 51.9 Å². The molecule has 2 aromatic rings. The van der Waals surface area contributed by atoms with Crippen LogP contribution in [0.5, 0.6) is 5.75 Å². The highest BCUT2D eigenvalue weighted by atomic mass is 32.2. The standard InChI is InChI=1S/C28H33N5O4S/c1-4-6-16-29-24(34)15-14-22-27(36)33-25(31-22)20-12-7-8-13-21(20)32-28(33)38-23(5-2)26(35)30-18-10-9-11-19(17-18)37-3/h7-13,17,22-23H,4-6,14-16H2,1-3H3,(H,29,34)(H,30,35)/t22-,23+/m0/s1. The van der Waals surface area contributed by atoms with Gasteiger partial charge in [0.2, 0.25) is 11.8 Å². The average Bonchev–Trinajstić information content (AvgIpc) is 3.27. The Morgan fingerprint density at radius 3 is 2.74 bits per heavy atom. The van der Waals surface area contributed by atoms with Gasteiger partial charge in [0.05, 0.1) is 18.0 Å². The molecular formula is C28H33N5O4S. The minimum atomic E-state index is -0.676. The summed E-state index contributed by atoms with van der Waals surface area (Å²) in [6.07, 6.45) is 2.97. The lowest BCUT2D eigenvalue weighted by Crippen LogP contribution is -2.42. The first-order valence-corrected chi connectivity index (χ1v) is 13.8. The molecule has 2 aliphatic heterocycles. The summed E-state index contributed by atoms with van der Waals surface area (Å²) < 4.78 is 5.25. The lowest BCUT2D eigenvalue weighted by Gasteiger charge is -2.27. The van der Waals surface area contributed by atoms with Gasteiger partial charge in [-0.3, -0.25) is 19.4 Å². The Labute approximate surface area is 227 Å². The van der Waals surface area contributed by atoms with Gasteiger partial charge in [0.15, 0.2) is 5.17 Å². The topological polar surface area (TPSA) is 112 Å². The van der Waals surface area contributed by atoms with Gasteiger partial charge in [0, 0.05) is 30.3 Å². The smallest absolute Gasteiger partial charge is 0.259 e. The van der Waals surface area contributed by atoms with E-state index >= 15 is 0 Å². The van der Waals surface area contributed by atoms with Crippen molar-refractivity contribution in [1.82, 2.24) is 10.2 Å². The third-order valence-corrected chi connectivity index (χ3v) is 7.61. The maximum absolute atomic E-state index is 13.5. The summed E-state index contributed by atoms with van der Waals surface area (Å²) in [4.78, 5) is 49.9. The molecule has 2 atom stereocenters. The Morgan fingerprint density at radius 2 is 1.97 bits per heavy atom. The molecule has 9 nitrogen and oxygen atoms in total. The third kappa shape index (κ3) is 6.24. The largest absolute Gasteiger partial charge is 0.497 e. The van der Waals surface area contributed by atoms with E-state index in [1.165, 1.54) is 16.7 Å². The van der Waals surface area contributed by atoms with Crippen LogP contribution in [-0.2, 0) is 14.4 Å². The molecule has 0 radical (unpaired) electrons. The summed E-state index contributed by atoms with van der Waals surface area (Å²) in [6.45, 7) is 4.61. The van der Waals surface area contributed by atoms with Crippen molar-refractivity contribution in [3.8, 4) is 5.75 Å². The number of thioether (sulfide) groups is 1. The molecule has 200 valence electrons. The fourth-order valence-electron chi connectivity index (χ4n) is 4.20. The monoisotopic (exact) mass is 535 g/mol. The molecule has 0 aromatic heterocycles. The number of ether oxygens (including phenoxy) is 1. The number of methoxy groups -OCH3 is 1. The molecule has 0 spiro atoms. The van der Waals surface area contributed by atoms with E-state index in [0.717, 1.165) is 18.4 Å². The number of nitrogens with zero attached hydrogens (tertiary/aromatic N) is 3. The van der Waals surface area contributed by atoms with Crippen LogP contribution >= 0.6 is 11.8 Å². The van der Waals surface area contributed by atoms with Crippen LogP contribution in [0, 0.1) is 0 Å². The number of fused-ring (bicyclic) bond motifs is 3. The van der Waals surface area contributed by atoms with E-state index in [1.54, 1.807) is 31.4 Å². The summed E-state index contributed by atoms with van der Waals surface area (Å²) in [5, 5.41) is 5.74. The number of nitrogens with one attached hydrogen (secondary N) is 2. The predicted molar refractivity (Wildman–Crippen MR) is 151 cm³/mol. The van der Waals surface area contributed by atoms with Crippen molar-refractivity contribution in [3.05, 3.63) is 54.1 Å². The highest BCUT2D eigenvalue weighted by molar-refractivity contribution is 8.15. The SMILES string of the molecule is CCCCNC(=O)CC[C@@H]1N=C2c3ccccc3N=C(S[C@H](CC)C(=O)Nc3cccc(OC)c3)N2C1=O. The normalized spacial score (nSPS) is 16.7. The van der Waals surface area contributed by atoms with Crippen molar-refractivity contribution in [2.45, 2.75) is 57.2 Å². The highest BCUT2D eigenvalue weighted by Gasteiger charge is 2.42. The molecule has 38 heavy (non-hydrogen) atoms. The van der Waals surface area contributed by atoms with Gasteiger partial charge in [-0.05, 0) is 43.5 Å². The first-order valence-electron chi connectivity index (χ1n) is 12.9. The summed E-state index contributed by atoms with van der Waals surface area (Å²) in [6, 6.07) is 14.0. The number of unbranched alkanes of at least 4 members (excludes halogenated alkanes) is 1. The van der Waals surface area contributed by atoms with Gasteiger partial charge in [-0.15, -0.1) is 0 Å². The zero-order valence-corrected chi connectivity index (χ0v) is 22.7. The molecule has 0 bridgehead atoms. The number of carbonyl (C=O) groups is 3. The zero-order chi connectivity index (χ0) is 27.1. The van der Waals surface area contributed by atoms with Crippen molar-refractivity contribution in [2.24, 2.45) is 9.98 Å². The van der Waals surface area contributed by atoms with Crippen molar-refractivity contribution in [1.29, 1.82) is 0 Å². The second-order valence-corrected chi connectivity index (χ2v) is 10.2. The number of amides is 3.